The fraction of sp³-hybridized carbons (Fsp3) is 0.308. The van der Waals surface area contributed by atoms with Crippen molar-refractivity contribution in [1.82, 2.24) is 10.6 Å². The summed E-state index contributed by atoms with van der Waals surface area (Å²) >= 11 is 0. The molecule has 0 saturated carbocycles. The van der Waals surface area contributed by atoms with E-state index in [-0.39, 0.29) is 17.2 Å². The van der Waals surface area contributed by atoms with E-state index < -0.39 is 23.9 Å². The van der Waals surface area contributed by atoms with Crippen LogP contribution in [0, 0.1) is 5.82 Å². The van der Waals surface area contributed by atoms with E-state index in [0.29, 0.717) is 6.54 Å². The van der Waals surface area contributed by atoms with Crippen molar-refractivity contribution in [2.24, 2.45) is 0 Å². The minimum atomic E-state index is -1.37. The summed E-state index contributed by atoms with van der Waals surface area (Å²) in [5, 5.41) is 16.1. The molecule has 0 aliphatic heterocycles. The van der Waals surface area contributed by atoms with Gasteiger partial charge in [0.2, 0.25) is 5.91 Å². The second-order valence-electron chi connectivity index (χ2n) is 4.21. The molecule has 0 bridgehead atoms. The molecule has 7 nitrogen and oxygen atoms in total. The van der Waals surface area contributed by atoms with Gasteiger partial charge in [-0.25, -0.2) is 14.0 Å². The second-order valence-corrected chi connectivity index (χ2v) is 4.21. The first-order valence-electron chi connectivity index (χ1n) is 6.23. The number of likely N-dealkylation sites (N-methyl/N-ethyl adjacent to an activating group) is 1. The SMILES string of the molecule is CCNC(=O)C(C)NC(=O)Nc1ccc(F)cc1C(=O)O. The monoisotopic (exact) mass is 297 g/mol. The Morgan fingerprint density at radius 2 is 2.00 bits per heavy atom. The third-order valence-electron chi connectivity index (χ3n) is 2.55. The number of hydrogen-bond acceptors (Lipinski definition) is 3. The first-order chi connectivity index (χ1) is 9.85. The Morgan fingerprint density at radius 3 is 2.57 bits per heavy atom. The standard InChI is InChI=1S/C13H16FN3O4/c1-3-15-11(18)7(2)16-13(21)17-10-5-4-8(14)6-9(10)12(19)20/h4-7H,3H2,1-2H3,(H,15,18)(H,19,20)(H2,16,17,21). The summed E-state index contributed by atoms with van der Waals surface area (Å²) in [5.41, 5.74) is -0.444. The highest BCUT2D eigenvalue weighted by molar-refractivity contribution is 6.00. The van der Waals surface area contributed by atoms with Crippen LogP contribution in [0.2, 0.25) is 0 Å². The van der Waals surface area contributed by atoms with E-state index in [9.17, 15) is 18.8 Å². The summed E-state index contributed by atoms with van der Waals surface area (Å²) in [7, 11) is 0. The first kappa shape index (κ1) is 16.4. The fourth-order valence-corrected chi connectivity index (χ4v) is 1.55. The molecule has 0 radical (unpaired) electrons. The lowest BCUT2D eigenvalue weighted by atomic mass is 10.1. The summed E-state index contributed by atoms with van der Waals surface area (Å²) in [6.07, 6.45) is 0. The average Bonchev–Trinajstić information content (AvgIpc) is 2.40. The Kier molecular flexibility index (Phi) is 5.65. The maximum absolute atomic E-state index is 13.0. The summed E-state index contributed by atoms with van der Waals surface area (Å²) in [6, 6.07) is 1.40. The van der Waals surface area contributed by atoms with Crippen molar-refractivity contribution in [3.63, 3.8) is 0 Å². The van der Waals surface area contributed by atoms with Crippen molar-refractivity contribution in [3.05, 3.63) is 29.6 Å². The van der Waals surface area contributed by atoms with Gasteiger partial charge in [0.15, 0.2) is 0 Å². The van der Waals surface area contributed by atoms with Crippen LogP contribution in [0.3, 0.4) is 0 Å². The molecule has 1 rings (SSSR count). The smallest absolute Gasteiger partial charge is 0.337 e. The predicted octanol–water partition coefficient (Wildman–Crippen LogP) is 1.17. The lowest BCUT2D eigenvalue weighted by molar-refractivity contribution is -0.122. The molecule has 0 aromatic heterocycles. The minimum Gasteiger partial charge on any atom is -0.478 e. The number of halogens is 1. The van der Waals surface area contributed by atoms with E-state index >= 15 is 0 Å². The molecular formula is C13H16FN3O4. The van der Waals surface area contributed by atoms with E-state index in [4.69, 9.17) is 5.11 Å². The molecule has 0 fully saturated rings. The number of aromatic carboxylic acids is 1. The molecule has 0 saturated heterocycles. The van der Waals surface area contributed by atoms with Crippen molar-refractivity contribution in [2.45, 2.75) is 19.9 Å². The van der Waals surface area contributed by atoms with Crippen molar-refractivity contribution in [2.75, 3.05) is 11.9 Å². The molecule has 1 atom stereocenters. The Morgan fingerprint density at radius 1 is 1.33 bits per heavy atom. The number of carbonyl (C=O) groups excluding carboxylic acids is 2. The van der Waals surface area contributed by atoms with Gasteiger partial charge in [-0.3, -0.25) is 4.79 Å². The van der Waals surface area contributed by atoms with Crippen LogP contribution in [0.25, 0.3) is 0 Å². The third kappa shape index (κ3) is 4.75. The van der Waals surface area contributed by atoms with Gasteiger partial charge in [0.1, 0.15) is 11.9 Å². The summed E-state index contributed by atoms with van der Waals surface area (Å²) in [6.45, 7) is 3.64. The molecule has 4 N–H and O–H groups in total. The maximum Gasteiger partial charge on any atom is 0.337 e. The first-order valence-corrected chi connectivity index (χ1v) is 6.23. The van der Waals surface area contributed by atoms with E-state index in [1.54, 1.807) is 6.92 Å². The van der Waals surface area contributed by atoms with E-state index in [0.717, 1.165) is 18.2 Å². The highest BCUT2D eigenvalue weighted by atomic mass is 19.1. The Hall–Kier alpha value is -2.64. The largest absolute Gasteiger partial charge is 0.478 e. The predicted molar refractivity (Wildman–Crippen MR) is 73.7 cm³/mol. The van der Waals surface area contributed by atoms with Gasteiger partial charge in [-0.1, -0.05) is 0 Å². The quantitative estimate of drug-likeness (QED) is 0.654. The van der Waals surface area contributed by atoms with Gasteiger partial charge in [0, 0.05) is 6.54 Å². The minimum absolute atomic E-state index is 0.0653. The molecular weight excluding hydrogens is 281 g/mol. The molecule has 0 spiro atoms. The fourth-order valence-electron chi connectivity index (χ4n) is 1.55. The van der Waals surface area contributed by atoms with Crippen molar-refractivity contribution in [3.8, 4) is 0 Å². The highest BCUT2D eigenvalue weighted by Crippen LogP contribution is 2.17. The lowest BCUT2D eigenvalue weighted by Gasteiger charge is -2.15. The number of carboxylic acids is 1. The number of carboxylic acid groups (broad SMARTS) is 1. The second kappa shape index (κ2) is 7.22. The van der Waals surface area contributed by atoms with E-state index in [2.05, 4.69) is 16.0 Å². The Labute approximate surface area is 120 Å². The number of amides is 3. The zero-order valence-electron chi connectivity index (χ0n) is 11.6. The van der Waals surface area contributed by atoms with E-state index in [1.807, 2.05) is 0 Å². The van der Waals surface area contributed by atoms with Gasteiger partial charge in [0.05, 0.1) is 11.3 Å². The zero-order valence-corrected chi connectivity index (χ0v) is 11.6. The van der Waals surface area contributed by atoms with Crippen LogP contribution in [-0.4, -0.2) is 35.6 Å². The molecule has 1 aromatic rings. The molecule has 0 aliphatic rings. The van der Waals surface area contributed by atoms with E-state index in [1.165, 1.54) is 6.92 Å². The number of anilines is 1. The third-order valence-corrected chi connectivity index (χ3v) is 2.55. The lowest BCUT2D eigenvalue weighted by Crippen LogP contribution is -2.46. The molecule has 8 heteroatoms. The number of carbonyl (C=O) groups is 3. The van der Waals surface area contributed by atoms with Gasteiger partial charge in [-0.05, 0) is 32.0 Å². The van der Waals surface area contributed by atoms with Crippen molar-refractivity contribution in [1.29, 1.82) is 0 Å². The van der Waals surface area contributed by atoms with Crippen LogP contribution < -0.4 is 16.0 Å². The number of benzene rings is 1. The number of rotatable bonds is 5. The van der Waals surface area contributed by atoms with Crippen LogP contribution in [0.1, 0.15) is 24.2 Å². The van der Waals surface area contributed by atoms with Gasteiger partial charge in [0.25, 0.3) is 0 Å². The number of hydrogen-bond donors (Lipinski definition) is 4. The molecule has 1 aromatic carbocycles. The van der Waals surface area contributed by atoms with Crippen LogP contribution in [-0.2, 0) is 4.79 Å². The molecule has 1 unspecified atom stereocenters. The molecule has 0 heterocycles. The molecule has 0 aliphatic carbocycles. The number of nitrogens with one attached hydrogen (secondary N) is 3. The Balaban J connectivity index is 2.75. The Bertz CT molecular complexity index is 562. The van der Waals surface area contributed by atoms with Crippen molar-refractivity contribution >= 4 is 23.6 Å². The average molecular weight is 297 g/mol. The van der Waals surface area contributed by atoms with Crippen LogP contribution in [0.5, 0.6) is 0 Å². The normalized spacial score (nSPS) is 11.4. The summed E-state index contributed by atoms with van der Waals surface area (Å²) in [5.74, 6) is -2.47. The number of urea groups is 1. The zero-order chi connectivity index (χ0) is 16.0. The van der Waals surface area contributed by atoms with Gasteiger partial charge >= 0.3 is 12.0 Å². The van der Waals surface area contributed by atoms with Crippen molar-refractivity contribution < 1.29 is 23.9 Å². The summed E-state index contributed by atoms with van der Waals surface area (Å²) in [4.78, 5) is 34.1. The molecule has 21 heavy (non-hydrogen) atoms. The molecule has 114 valence electrons. The van der Waals surface area contributed by atoms with Crippen LogP contribution in [0.15, 0.2) is 18.2 Å². The van der Waals surface area contributed by atoms with Crippen LogP contribution >= 0.6 is 0 Å². The molecule has 3 amide bonds. The van der Waals surface area contributed by atoms with Gasteiger partial charge in [-0.15, -0.1) is 0 Å². The van der Waals surface area contributed by atoms with Gasteiger partial charge in [-0.2, -0.15) is 0 Å². The topological polar surface area (TPSA) is 108 Å². The van der Waals surface area contributed by atoms with Crippen LogP contribution in [0.4, 0.5) is 14.9 Å². The summed E-state index contributed by atoms with van der Waals surface area (Å²) < 4.78 is 13.0. The van der Waals surface area contributed by atoms with Gasteiger partial charge < -0.3 is 21.1 Å². The highest BCUT2D eigenvalue weighted by Gasteiger charge is 2.17. The maximum atomic E-state index is 13.0.